The highest BCUT2D eigenvalue weighted by Crippen LogP contribution is 2.43. The maximum Gasteiger partial charge on any atom is 0.335 e. The number of thiazole rings is 1. The molecule has 33 heavy (non-hydrogen) atoms. The van der Waals surface area contributed by atoms with Crippen molar-refractivity contribution < 1.29 is 14.6 Å². The van der Waals surface area contributed by atoms with Gasteiger partial charge in [0.2, 0.25) is 0 Å². The minimum atomic E-state index is -0.914. The molecule has 1 aromatic heterocycles. The summed E-state index contributed by atoms with van der Waals surface area (Å²) < 4.78 is 6.04. The summed E-state index contributed by atoms with van der Waals surface area (Å²) in [5.74, 6) is -0.388. The van der Waals surface area contributed by atoms with Crippen molar-refractivity contribution in [2.75, 3.05) is 6.61 Å². The molecular weight excluding hydrogens is 430 g/mol. The number of aromatic nitrogens is 1. The third-order valence-electron chi connectivity index (χ3n) is 6.59. The number of ether oxygens (including phenoxy) is 1. The van der Waals surface area contributed by atoms with Gasteiger partial charge in [-0.25, -0.2) is 9.78 Å². The van der Waals surface area contributed by atoms with E-state index in [2.05, 4.69) is 44.0 Å². The van der Waals surface area contributed by atoms with Crippen molar-refractivity contribution >= 4 is 17.3 Å². The molecule has 4 rings (SSSR count). The van der Waals surface area contributed by atoms with Crippen LogP contribution < -0.4 is 0 Å². The monoisotopic (exact) mass is 463 g/mol. The zero-order valence-electron chi connectivity index (χ0n) is 19.8. The van der Waals surface area contributed by atoms with Gasteiger partial charge in [0.25, 0.3) is 0 Å². The Labute approximate surface area is 200 Å². The Morgan fingerprint density at radius 2 is 1.79 bits per heavy atom. The van der Waals surface area contributed by atoms with Crippen LogP contribution in [0.4, 0.5) is 0 Å². The molecular formula is C28H33NO3S. The van der Waals surface area contributed by atoms with Crippen molar-refractivity contribution in [1.29, 1.82) is 0 Å². The van der Waals surface area contributed by atoms with Crippen molar-refractivity contribution in [3.05, 3.63) is 65.4 Å². The molecule has 1 saturated carbocycles. The van der Waals surface area contributed by atoms with E-state index in [9.17, 15) is 4.79 Å². The van der Waals surface area contributed by atoms with Crippen LogP contribution in [0.15, 0.2) is 48.7 Å². The predicted octanol–water partition coefficient (Wildman–Crippen LogP) is 7.57. The van der Waals surface area contributed by atoms with Crippen LogP contribution in [0.5, 0.6) is 0 Å². The van der Waals surface area contributed by atoms with Crippen molar-refractivity contribution in [1.82, 2.24) is 4.98 Å². The highest BCUT2D eigenvalue weighted by atomic mass is 32.1. The third-order valence-corrected chi connectivity index (χ3v) is 7.69. The molecule has 1 N–H and O–H groups in total. The van der Waals surface area contributed by atoms with Gasteiger partial charge in [-0.05, 0) is 59.1 Å². The van der Waals surface area contributed by atoms with Crippen LogP contribution in [-0.2, 0) is 16.8 Å². The van der Waals surface area contributed by atoms with Gasteiger partial charge in [0.1, 0.15) is 5.01 Å². The van der Waals surface area contributed by atoms with E-state index in [1.807, 2.05) is 18.3 Å². The Balaban J connectivity index is 1.64. The predicted molar refractivity (Wildman–Crippen MR) is 135 cm³/mol. The van der Waals surface area contributed by atoms with Crippen LogP contribution in [0.2, 0.25) is 0 Å². The van der Waals surface area contributed by atoms with E-state index in [1.165, 1.54) is 48.8 Å². The first-order valence-electron chi connectivity index (χ1n) is 11.9. The normalized spacial score (nSPS) is 15.6. The molecule has 0 aliphatic heterocycles. The molecule has 0 atom stereocenters. The van der Waals surface area contributed by atoms with Crippen LogP contribution in [-0.4, -0.2) is 22.7 Å². The second-order valence-electron chi connectivity index (χ2n) is 9.81. The van der Waals surface area contributed by atoms with Crippen LogP contribution in [0.3, 0.4) is 0 Å². The number of carbonyl (C=O) groups is 1. The molecule has 0 saturated heterocycles. The average Bonchev–Trinajstić information content (AvgIpc) is 3.30. The summed E-state index contributed by atoms with van der Waals surface area (Å²) in [6, 6.07) is 13.7. The Hall–Kier alpha value is -2.50. The van der Waals surface area contributed by atoms with E-state index in [0.717, 1.165) is 22.1 Å². The fourth-order valence-electron chi connectivity index (χ4n) is 4.72. The van der Waals surface area contributed by atoms with Gasteiger partial charge in [-0.1, -0.05) is 64.3 Å². The van der Waals surface area contributed by atoms with E-state index in [-0.39, 0.29) is 11.0 Å². The SMILES string of the molecule is CC(C)COCc1ccc(-c2cnc(-c3ccc(C(=O)O)cc3)s2)cc1C1(C)CCCCC1. The molecule has 5 heteroatoms. The number of hydrogen-bond donors (Lipinski definition) is 1. The Morgan fingerprint density at radius 1 is 1.09 bits per heavy atom. The summed E-state index contributed by atoms with van der Waals surface area (Å²) in [6.07, 6.45) is 8.26. The first kappa shape index (κ1) is 23.7. The lowest BCUT2D eigenvalue weighted by molar-refractivity contribution is 0.0697. The molecule has 2 aromatic carbocycles. The minimum Gasteiger partial charge on any atom is -0.478 e. The number of carboxylic acid groups (broad SMARTS) is 1. The van der Waals surface area contributed by atoms with E-state index < -0.39 is 5.97 Å². The quantitative estimate of drug-likeness (QED) is 0.374. The Bertz CT molecular complexity index is 1090. The molecule has 0 amide bonds. The average molecular weight is 464 g/mol. The fraction of sp³-hybridized carbons (Fsp3) is 0.429. The van der Waals surface area contributed by atoms with Gasteiger partial charge in [-0.15, -0.1) is 11.3 Å². The molecule has 174 valence electrons. The molecule has 0 spiro atoms. The third kappa shape index (κ3) is 5.53. The molecule has 1 fully saturated rings. The highest BCUT2D eigenvalue weighted by Gasteiger charge is 2.31. The summed E-state index contributed by atoms with van der Waals surface area (Å²) >= 11 is 1.65. The Morgan fingerprint density at radius 3 is 2.45 bits per heavy atom. The lowest BCUT2D eigenvalue weighted by Gasteiger charge is -2.36. The Kier molecular flexibility index (Phi) is 7.30. The summed E-state index contributed by atoms with van der Waals surface area (Å²) in [4.78, 5) is 16.9. The zero-order chi connectivity index (χ0) is 23.4. The largest absolute Gasteiger partial charge is 0.478 e. The number of aromatic carboxylic acids is 1. The first-order chi connectivity index (χ1) is 15.9. The first-order valence-corrected chi connectivity index (χ1v) is 12.7. The number of benzene rings is 2. The van der Waals surface area contributed by atoms with Crippen molar-refractivity contribution in [2.45, 2.75) is 64.9 Å². The topological polar surface area (TPSA) is 59.4 Å². The fourth-order valence-corrected chi connectivity index (χ4v) is 5.64. The zero-order valence-corrected chi connectivity index (χ0v) is 20.6. The number of carboxylic acids is 1. The molecule has 1 heterocycles. The highest BCUT2D eigenvalue weighted by molar-refractivity contribution is 7.18. The summed E-state index contributed by atoms with van der Waals surface area (Å²) in [5, 5.41) is 10.0. The van der Waals surface area contributed by atoms with E-state index in [0.29, 0.717) is 12.5 Å². The van der Waals surface area contributed by atoms with Gasteiger partial charge in [-0.3, -0.25) is 0 Å². The van der Waals surface area contributed by atoms with Crippen LogP contribution >= 0.6 is 11.3 Å². The van der Waals surface area contributed by atoms with Gasteiger partial charge in [-0.2, -0.15) is 0 Å². The maximum absolute atomic E-state index is 11.1. The smallest absolute Gasteiger partial charge is 0.335 e. The van der Waals surface area contributed by atoms with Crippen molar-refractivity contribution in [2.24, 2.45) is 5.92 Å². The number of rotatable bonds is 8. The second kappa shape index (κ2) is 10.2. The molecule has 0 unspecified atom stereocenters. The summed E-state index contributed by atoms with van der Waals surface area (Å²) in [7, 11) is 0. The minimum absolute atomic E-state index is 0.185. The van der Waals surface area contributed by atoms with Crippen molar-refractivity contribution in [3.8, 4) is 21.0 Å². The van der Waals surface area contributed by atoms with E-state index in [4.69, 9.17) is 9.84 Å². The number of nitrogens with zero attached hydrogens (tertiary/aromatic N) is 1. The molecule has 1 aliphatic rings. The van der Waals surface area contributed by atoms with Crippen LogP contribution in [0.25, 0.3) is 21.0 Å². The lowest BCUT2D eigenvalue weighted by atomic mass is 9.69. The standard InChI is InChI=1S/C28H33NO3S/c1-19(2)17-32-18-23-12-11-22(15-24(23)28(3)13-5-4-6-14-28)25-16-29-26(33-25)20-7-9-21(10-8-20)27(30)31/h7-12,15-16,19H,4-6,13-14,17-18H2,1-3H3,(H,30,31). The van der Waals surface area contributed by atoms with Crippen LogP contribution in [0, 0.1) is 5.92 Å². The van der Waals surface area contributed by atoms with E-state index in [1.54, 1.807) is 23.5 Å². The number of hydrogen-bond acceptors (Lipinski definition) is 4. The molecule has 4 nitrogen and oxygen atoms in total. The van der Waals surface area contributed by atoms with Gasteiger partial charge < -0.3 is 9.84 Å². The van der Waals surface area contributed by atoms with Crippen LogP contribution in [0.1, 0.15) is 74.4 Å². The molecule has 0 bridgehead atoms. The lowest BCUT2D eigenvalue weighted by Crippen LogP contribution is -2.27. The summed E-state index contributed by atoms with van der Waals surface area (Å²) in [5.41, 5.74) is 5.33. The van der Waals surface area contributed by atoms with E-state index >= 15 is 0 Å². The van der Waals surface area contributed by atoms with Gasteiger partial charge >= 0.3 is 5.97 Å². The van der Waals surface area contributed by atoms with Crippen molar-refractivity contribution in [3.63, 3.8) is 0 Å². The van der Waals surface area contributed by atoms with Gasteiger partial charge in [0.05, 0.1) is 17.0 Å². The molecule has 0 radical (unpaired) electrons. The van der Waals surface area contributed by atoms with Gasteiger partial charge in [0, 0.05) is 18.4 Å². The summed E-state index contributed by atoms with van der Waals surface area (Å²) in [6.45, 7) is 8.22. The van der Waals surface area contributed by atoms with Gasteiger partial charge in [0.15, 0.2) is 0 Å². The molecule has 1 aliphatic carbocycles. The maximum atomic E-state index is 11.1. The molecule has 3 aromatic rings. The second-order valence-corrected chi connectivity index (χ2v) is 10.8.